The van der Waals surface area contributed by atoms with Crippen LogP contribution in [0.4, 0.5) is 0 Å². The number of aromatic nitrogens is 3. The summed E-state index contributed by atoms with van der Waals surface area (Å²) in [6, 6.07) is 0. The minimum absolute atomic E-state index is 0.558. The Morgan fingerprint density at radius 2 is 2.22 bits per heavy atom. The Hall–Kier alpha value is -1.56. The van der Waals surface area contributed by atoms with Crippen LogP contribution in [0.25, 0.3) is 10.7 Å². The summed E-state index contributed by atoms with van der Waals surface area (Å²) >= 11 is 1.56. The van der Waals surface area contributed by atoms with Crippen molar-refractivity contribution in [3.8, 4) is 22.2 Å². The van der Waals surface area contributed by atoms with Crippen molar-refractivity contribution in [1.29, 1.82) is 0 Å². The maximum absolute atomic E-state index is 5.63. The zero-order chi connectivity index (χ0) is 12.5. The first kappa shape index (κ1) is 11.5. The SMILES string of the molecule is CC(C)Cc1nc(-c2scc3c2OCCO3)n[nH]1. The predicted molar refractivity (Wildman–Crippen MR) is 69.2 cm³/mol. The molecule has 0 amide bonds. The highest BCUT2D eigenvalue weighted by Gasteiger charge is 2.22. The number of nitrogens with zero attached hydrogens (tertiary/aromatic N) is 2. The molecule has 0 fully saturated rings. The molecule has 1 aliphatic heterocycles. The van der Waals surface area contributed by atoms with Crippen LogP contribution in [0.5, 0.6) is 11.5 Å². The van der Waals surface area contributed by atoms with Gasteiger partial charge in [0.25, 0.3) is 0 Å². The van der Waals surface area contributed by atoms with Gasteiger partial charge in [-0.2, -0.15) is 5.10 Å². The van der Waals surface area contributed by atoms with Gasteiger partial charge < -0.3 is 9.47 Å². The van der Waals surface area contributed by atoms with E-state index in [4.69, 9.17) is 9.47 Å². The van der Waals surface area contributed by atoms with Gasteiger partial charge in [-0.3, -0.25) is 5.10 Å². The van der Waals surface area contributed by atoms with Crippen molar-refractivity contribution in [2.24, 2.45) is 5.92 Å². The highest BCUT2D eigenvalue weighted by atomic mass is 32.1. The normalized spacial score (nSPS) is 14.2. The second-order valence-electron chi connectivity index (χ2n) is 4.66. The van der Waals surface area contributed by atoms with E-state index in [0.717, 1.165) is 28.6 Å². The minimum Gasteiger partial charge on any atom is -0.485 e. The van der Waals surface area contributed by atoms with E-state index < -0.39 is 0 Å². The first-order valence-electron chi connectivity index (χ1n) is 6.03. The number of H-pyrrole nitrogens is 1. The van der Waals surface area contributed by atoms with Crippen molar-refractivity contribution < 1.29 is 9.47 Å². The third-order valence-electron chi connectivity index (χ3n) is 2.64. The monoisotopic (exact) mass is 265 g/mol. The summed E-state index contributed by atoms with van der Waals surface area (Å²) in [5.74, 6) is 3.75. The van der Waals surface area contributed by atoms with Crippen molar-refractivity contribution in [1.82, 2.24) is 15.2 Å². The van der Waals surface area contributed by atoms with Crippen LogP contribution in [-0.4, -0.2) is 28.4 Å². The van der Waals surface area contributed by atoms with Gasteiger partial charge in [0, 0.05) is 11.8 Å². The Balaban J connectivity index is 1.90. The molecule has 6 heteroatoms. The Morgan fingerprint density at radius 1 is 1.39 bits per heavy atom. The number of nitrogens with one attached hydrogen (secondary N) is 1. The van der Waals surface area contributed by atoms with Crippen molar-refractivity contribution in [3.63, 3.8) is 0 Å². The molecule has 5 nitrogen and oxygen atoms in total. The third kappa shape index (κ3) is 2.08. The number of fused-ring (bicyclic) bond motifs is 1. The smallest absolute Gasteiger partial charge is 0.195 e. The molecule has 3 rings (SSSR count). The molecule has 2 aromatic rings. The van der Waals surface area contributed by atoms with Crippen molar-refractivity contribution in [2.45, 2.75) is 20.3 Å². The molecule has 0 aromatic carbocycles. The van der Waals surface area contributed by atoms with Gasteiger partial charge in [-0.15, -0.1) is 11.3 Å². The molecule has 3 heterocycles. The zero-order valence-electron chi connectivity index (χ0n) is 10.4. The summed E-state index contributed by atoms with van der Waals surface area (Å²) in [5.41, 5.74) is 0. The number of ether oxygens (including phenoxy) is 2. The summed E-state index contributed by atoms with van der Waals surface area (Å²) in [6.07, 6.45) is 0.901. The van der Waals surface area contributed by atoms with Crippen LogP contribution in [-0.2, 0) is 6.42 Å². The van der Waals surface area contributed by atoms with Crippen LogP contribution in [0.1, 0.15) is 19.7 Å². The lowest BCUT2D eigenvalue weighted by atomic mass is 10.1. The van der Waals surface area contributed by atoms with E-state index in [1.54, 1.807) is 11.3 Å². The van der Waals surface area contributed by atoms with E-state index in [0.29, 0.717) is 25.0 Å². The van der Waals surface area contributed by atoms with E-state index >= 15 is 0 Å². The zero-order valence-corrected chi connectivity index (χ0v) is 11.2. The van der Waals surface area contributed by atoms with Gasteiger partial charge in [-0.1, -0.05) is 13.8 Å². The molecule has 0 atom stereocenters. The van der Waals surface area contributed by atoms with Crippen molar-refractivity contribution in [3.05, 3.63) is 11.2 Å². The fraction of sp³-hybridized carbons (Fsp3) is 0.500. The summed E-state index contributed by atoms with van der Waals surface area (Å²) < 4.78 is 11.1. The molecular weight excluding hydrogens is 250 g/mol. The standard InChI is InChI=1S/C12H15N3O2S/c1-7(2)5-9-13-12(15-14-9)11-10-8(6-18-11)16-3-4-17-10/h6-7H,3-5H2,1-2H3,(H,13,14,15). The van der Waals surface area contributed by atoms with Crippen LogP contribution in [0, 0.1) is 5.92 Å². The Labute approximate surface area is 109 Å². The maximum atomic E-state index is 5.63. The number of hydrogen-bond donors (Lipinski definition) is 1. The van der Waals surface area contributed by atoms with E-state index in [1.807, 2.05) is 5.38 Å². The van der Waals surface area contributed by atoms with Crippen LogP contribution >= 0.6 is 11.3 Å². The lowest BCUT2D eigenvalue weighted by Crippen LogP contribution is -2.14. The molecule has 0 aliphatic carbocycles. The summed E-state index contributed by atoms with van der Waals surface area (Å²) in [4.78, 5) is 5.45. The molecule has 18 heavy (non-hydrogen) atoms. The first-order chi connectivity index (χ1) is 8.74. The molecular formula is C12H15N3O2S. The molecule has 2 aromatic heterocycles. The number of thiophene rings is 1. The summed E-state index contributed by atoms with van der Waals surface area (Å²) in [6.45, 7) is 5.51. The number of hydrogen-bond acceptors (Lipinski definition) is 5. The van der Waals surface area contributed by atoms with Gasteiger partial charge in [-0.05, 0) is 5.92 Å². The molecule has 96 valence electrons. The predicted octanol–water partition coefficient (Wildman–Crippen LogP) is 2.50. The largest absolute Gasteiger partial charge is 0.485 e. The van der Waals surface area contributed by atoms with Gasteiger partial charge in [-0.25, -0.2) is 4.98 Å². The molecule has 0 radical (unpaired) electrons. The minimum atomic E-state index is 0.558. The Bertz CT molecular complexity index is 547. The first-order valence-corrected chi connectivity index (χ1v) is 6.90. The molecule has 1 aliphatic rings. The lowest BCUT2D eigenvalue weighted by molar-refractivity contribution is 0.174. The quantitative estimate of drug-likeness (QED) is 0.926. The van der Waals surface area contributed by atoms with Crippen LogP contribution in [0.2, 0.25) is 0 Å². The van der Waals surface area contributed by atoms with Crippen LogP contribution in [0.15, 0.2) is 5.38 Å². The highest BCUT2D eigenvalue weighted by molar-refractivity contribution is 7.14. The molecule has 0 saturated carbocycles. The van der Waals surface area contributed by atoms with Gasteiger partial charge in [0.1, 0.15) is 23.9 Å². The highest BCUT2D eigenvalue weighted by Crippen LogP contribution is 2.44. The second-order valence-corrected chi connectivity index (χ2v) is 5.54. The average molecular weight is 265 g/mol. The lowest BCUT2D eigenvalue weighted by Gasteiger charge is -2.15. The second kappa shape index (κ2) is 4.61. The van der Waals surface area contributed by atoms with Gasteiger partial charge in [0.15, 0.2) is 17.3 Å². The number of aromatic amines is 1. The van der Waals surface area contributed by atoms with Gasteiger partial charge >= 0.3 is 0 Å². The third-order valence-corrected chi connectivity index (χ3v) is 3.57. The molecule has 1 N–H and O–H groups in total. The molecule has 0 unspecified atom stereocenters. The Morgan fingerprint density at radius 3 is 3.06 bits per heavy atom. The topological polar surface area (TPSA) is 60.0 Å². The van der Waals surface area contributed by atoms with Crippen LogP contribution in [0.3, 0.4) is 0 Å². The van der Waals surface area contributed by atoms with E-state index in [-0.39, 0.29) is 0 Å². The fourth-order valence-electron chi connectivity index (χ4n) is 1.89. The Kier molecular flexibility index (Phi) is 2.95. The van der Waals surface area contributed by atoms with Crippen molar-refractivity contribution in [2.75, 3.05) is 13.2 Å². The molecule has 0 spiro atoms. The van der Waals surface area contributed by atoms with Gasteiger partial charge in [0.2, 0.25) is 0 Å². The maximum Gasteiger partial charge on any atom is 0.195 e. The number of rotatable bonds is 3. The summed E-state index contributed by atoms with van der Waals surface area (Å²) in [7, 11) is 0. The van der Waals surface area contributed by atoms with Crippen molar-refractivity contribution >= 4 is 11.3 Å². The van der Waals surface area contributed by atoms with Crippen LogP contribution < -0.4 is 9.47 Å². The van der Waals surface area contributed by atoms with E-state index in [2.05, 4.69) is 29.0 Å². The van der Waals surface area contributed by atoms with Gasteiger partial charge in [0.05, 0.1) is 0 Å². The fourth-order valence-corrected chi connectivity index (χ4v) is 2.76. The molecule has 0 bridgehead atoms. The van der Waals surface area contributed by atoms with E-state index in [1.165, 1.54) is 0 Å². The molecule has 0 saturated heterocycles. The average Bonchev–Trinajstić information content (AvgIpc) is 2.94. The van der Waals surface area contributed by atoms with E-state index in [9.17, 15) is 0 Å². The summed E-state index contributed by atoms with van der Waals surface area (Å²) in [5, 5.41) is 9.19.